The Labute approximate surface area is 172 Å². The number of benzene rings is 2. The van der Waals surface area contributed by atoms with Crippen molar-refractivity contribution in [1.82, 2.24) is 0 Å². The van der Waals surface area contributed by atoms with Gasteiger partial charge >= 0.3 is 0 Å². The first-order valence-corrected chi connectivity index (χ1v) is 9.20. The third-order valence-electron chi connectivity index (χ3n) is 4.06. The molecule has 2 aromatic rings. The van der Waals surface area contributed by atoms with Crippen molar-refractivity contribution >= 4 is 5.57 Å². The molecule has 146 valence electrons. The van der Waals surface area contributed by atoms with Crippen LogP contribution in [0.2, 0.25) is 0 Å². The molecule has 0 saturated heterocycles. The standard InChI is InChI=1S/C21H22O.C2H6.2C2H2/c1-5-16(3)17(4)19-8-6-7-18(14-19)10-11-20-13-15(2)9-12-21(20)22;3*1-2/h1,6-9,12-14,22H,10-11H2,2-4H3;1-2H3;2*1-2H/b17-16-;;;. The molecule has 2 rings (SSSR count). The van der Waals surface area contributed by atoms with E-state index in [1.165, 1.54) is 16.7 Å². The number of phenolic OH excluding ortho intramolecular Hbond substituents is 1. The van der Waals surface area contributed by atoms with E-state index < -0.39 is 0 Å². The van der Waals surface area contributed by atoms with Crippen LogP contribution in [0.5, 0.6) is 5.75 Å². The number of aromatic hydroxyl groups is 1. The predicted molar refractivity (Wildman–Crippen MR) is 125 cm³/mol. The van der Waals surface area contributed by atoms with Crippen LogP contribution in [-0.4, -0.2) is 5.11 Å². The monoisotopic (exact) mass is 372 g/mol. The number of hydrogen-bond acceptors (Lipinski definition) is 1. The molecule has 0 spiro atoms. The summed E-state index contributed by atoms with van der Waals surface area (Å²) in [4.78, 5) is 0. The summed E-state index contributed by atoms with van der Waals surface area (Å²) in [5.74, 6) is 3.08. The lowest BCUT2D eigenvalue weighted by Crippen LogP contribution is -1.94. The molecule has 0 saturated carbocycles. The Morgan fingerprint density at radius 2 is 1.54 bits per heavy atom. The quantitative estimate of drug-likeness (QED) is 0.613. The molecule has 0 radical (unpaired) electrons. The van der Waals surface area contributed by atoms with Crippen molar-refractivity contribution in [3.05, 3.63) is 70.3 Å². The average Bonchev–Trinajstić information content (AvgIpc) is 2.77. The normalized spacial score (nSPS) is 9.57. The van der Waals surface area contributed by atoms with Crippen LogP contribution in [0.1, 0.15) is 49.9 Å². The first-order valence-electron chi connectivity index (χ1n) is 9.20. The van der Waals surface area contributed by atoms with Crippen molar-refractivity contribution < 1.29 is 5.11 Å². The molecule has 0 bridgehead atoms. The van der Waals surface area contributed by atoms with Gasteiger partial charge in [-0.1, -0.05) is 61.7 Å². The fourth-order valence-electron chi connectivity index (χ4n) is 2.48. The van der Waals surface area contributed by atoms with E-state index in [-0.39, 0.29) is 0 Å². The fourth-order valence-corrected chi connectivity index (χ4v) is 2.48. The van der Waals surface area contributed by atoms with Gasteiger partial charge in [0.1, 0.15) is 5.75 Å². The fraction of sp³-hybridized carbons (Fsp3) is 0.259. The predicted octanol–water partition coefficient (Wildman–Crippen LogP) is 6.44. The van der Waals surface area contributed by atoms with E-state index in [0.717, 1.165) is 29.6 Å². The Morgan fingerprint density at radius 1 is 0.929 bits per heavy atom. The first-order chi connectivity index (χ1) is 13.5. The van der Waals surface area contributed by atoms with Gasteiger partial charge in [-0.05, 0) is 61.9 Å². The summed E-state index contributed by atoms with van der Waals surface area (Å²) in [5.41, 5.74) is 6.70. The molecule has 2 aromatic carbocycles. The van der Waals surface area contributed by atoms with Crippen molar-refractivity contribution in [3.8, 4) is 43.8 Å². The van der Waals surface area contributed by atoms with E-state index in [1.807, 2.05) is 39.8 Å². The topological polar surface area (TPSA) is 20.2 Å². The molecule has 0 unspecified atom stereocenters. The molecule has 1 N–H and O–H groups in total. The van der Waals surface area contributed by atoms with Gasteiger partial charge in [-0.2, -0.15) is 0 Å². The van der Waals surface area contributed by atoms with Gasteiger partial charge in [0.05, 0.1) is 0 Å². The SMILES string of the molecule is C#C.C#C.C#C/C(C)=C(/C)c1cccc(CCc2cc(C)ccc2O)c1.CC. The number of phenols is 1. The molecule has 0 atom stereocenters. The number of allylic oxidation sites excluding steroid dienone is 2. The first kappa shape index (κ1) is 26.9. The largest absolute Gasteiger partial charge is 0.508 e. The molecule has 1 heteroatoms. The van der Waals surface area contributed by atoms with Crippen molar-refractivity contribution in [2.45, 2.75) is 47.5 Å². The molecular formula is C27H32O. The van der Waals surface area contributed by atoms with Crippen LogP contribution in [0.15, 0.2) is 48.0 Å². The number of rotatable bonds is 4. The highest BCUT2D eigenvalue weighted by atomic mass is 16.3. The Morgan fingerprint density at radius 3 is 2.11 bits per heavy atom. The summed E-state index contributed by atoms with van der Waals surface area (Å²) in [7, 11) is 0. The summed E-state index contributed by atoms with van der Waals surface area (Å²) >= 11 is 0. The zero-order valence-electron chi connectivity index (χ0n) is 17.8. The zero-order valence-corrected chi connectivity index (χ0v) is 17.8. The molecule has 0 aliphatic rings. The van der Waals surface area contributed by atoms with E-state index >= 15 is 0 Å². The van der Waals surface area contributed by atoms with E-state index in [0.29, 0.717) is 5.75 Å². The molecule has 0 heterocycles. The van der Waals surface area contributed by atoms with Crippen molar-refractivity contribution in [3.63, 3.8) is 0 Å². The van der Waals surface area contributed by atoms with Gasteiger partial charge in [0, 0.05) is 5.57 Å². The zero-order chi connectivity index (χ0) is 22.1. The Hall–Kier alpha value is -3.34. The minimum atomic E-state index is 0.376. The van der Waals surface area contributed by atoms with Gasteiger partial charge in [0.2, 0.25) is 0 Å². The van der Waals surface area contributed by atoms with Crippen molar-refractivity contribution in [1.29, 1.82) is 0 Å². The van der Waals surface area contributed by atoms with Crippen LogP contribution in [-0.2, 0) is 12.8 Å². The molecule has 0 fully saturated rings. The van der Waals surface area contributed by atoms with Gasteiger partial charge in [-0.25, -0.2) is 0 Å². The highest BCUT2D eigenvalue weighted by Crippen LogP contribution is 2.22. The van der Waals surface area contributed by atoms with Crippen molar-refractivity contribution in [2.75, 3.05) is 0 Å². The maximum Gasteiger partial charge on any atom is 0.118 e. The minimum absolute atomic E-state index is 0.376. The molecule has 1 nitrogen and oxygen atoms in total. The number of aryl methyl sites for hydroxylation is 3. The second-order valence-corrected chi connectivity index (χ2v) is 5.73. The van der Waals surface area contributed by atoms with E-state index in [2.05, 4.69) is 62.8 Å². The van der Waals surface area contributed by atoms with Crippen LogP contribution < -0.4 is 0 Å². The third-order valence-corrected chi connectivity index (χ3v) is 4.06. The average molecular weight is 373 g/mol. The number of hydrogen-bond donors (Lipinski definition) is 1. The van der Waals surface area contributed by atoms with E-state index in [9.17, 15) is 5.11 Å². The molecule has 0 aliphatic carbocycles. The third kappa shape index (κ3) is 8.85. The molecule has 0 aromatic heterocycles. The summed E-state index contributed by atoms with van der Waals surface area (Å²) in [6.07, 6.45) is 23.2. The van der Waals surface area contributed by atoms with Crippen LogP contribution in [0.3, 0.4) is 0 Å². The van der Waals surface area contributed by atoms with Gasteiger partial charge in [0.15, 0.2) is 0 Å². The Kier molecular flexibility index (Phi) is 15.2. The van der Waals surface area contributed by atoms with Crippen LogP contribution in [0.4, 0.5) is 0 Å². The summed E-state index contributed by atoms with van der Waals surface area (Å²) in [6, 6.07) is 14.2. The summed E-state index contributed by atoms with van der Waals surface area (Å²) in [5, 5.41) is 9.93. The van der Waals surface area contributed by atoms with E-state index in [4.69, 9.17) is 6.42 Å². The van der Waals surface area contributed by atoms with Gasteiger partial charge in [0.25, 0.3) is 0 Å². The Bertz CT molecular complexity index is 820. The van der Waals surface area contributed by atoms with Gasteiger partial charge in [-0.15, -0.1) is 32.1 Å². The Balaban J connectivity index is 0. The highest BCUT2D eigenvalue weighted by molar-refractivity contribution is 5.70. The maximum absolute atomic E-state index is 9.93. The molecule has 28 heavy (non-hydrogen) atoms. The summed E-state index contributed by atoms with van der Waals surface area (Å²) in [6.45, 7) is 10.1. The highest BCUT2D eigenvalue weighted by Gasteiger charge is 2.04. The smallest absolute Gasteiger partial charge is 0.118 e. The summed E-state index contributed by atoms with van der Waals surface area (Å²) < 4.78 is 0. The van der Waals surface area contributed by atoms with Gasteiger partial charge in [-0.3, -0.25) is 0 Å². The maximum atomic E-state index is 9.93. The minimum Gasteiger partial charge on any atom is -0.508 e. The molecule has 0 amide bonds. The molecule has 0 aliphatic heterocycles. The van der Waals surface area contributed by atoms with Gasteiger partial charge < -0.3 is 5.11 Å². The lowest BCUT2D eigenvalue weighted by molar-refractivity contribution is 0.467. The van der Waals surface area contributed by atoms with E-state index in [1.54, 1.807) is 6.07 Å². The molecular weight excluding hydrogens is 340 g/mol. The second-order valence-electron chi connectivity index (χ2n) is 5.73. The lowest BCUT2D eigenvalue weighted by atomic mass is 9.97. The second kappa shape index (κ2) is 15.9. The number of terminal acetylenes is 3. The lowest BCUT2D eigenvalue weighted by Gasteiger charge is -2.09. The van der Waals surface area contributed by atoms with Crippen LogP contribution >= 0.6 is 0 Å². The van der Waals surface area contributed by atoms with Crippen LogP contribution in [0, 0.1) is 45.0 Å². The van der Waals surface area contributed by atoms with Crippen molar-refractivity contribution in [2.24, 2.45) is 0 Å². The van der Waals surface area contributed by atoms with Crippen LogP contribution in [0.25, 0.3) is 5.57 Å².